The van der Waals surface area contributed by atoms with E-state index in [2.05, 4.69) is 37.8 Å². The first-order chi connectivity index (χ1) is 14.9. The molecule has 8 nitrogen and oxygen atoms in total. The molecule has 0 saturated carbocycles. The summed E-state index contributed by atoms with van der Waals surface area (Å²) in [5.41, 5.74) is 0.498. The van der Waals surface area contributed by atoms with Crippen LogP contribution in [0.1, 0.15) is 10.4 Å². The Bertz CT molecular complexity index is 1450. The second-order valence-electron chi connectivity index (χ2n) is 8.42. The van der Waals surface area contributed by atoms with Gasteiger partial charge in [-0.2, -0.15) is 4.98 Å². The third-order valence-electron chi connectivity index (χ3n) is 6.39. The molecule has 1 aromatic carbocycles. The first-order valence-electron chi connectivity index (χ1n) is 10.0. The van der Waals surface area contributed by atoms with Crippen LogP contribution in [0, 0.1) is 11.8 Å². The third-order valence-corrected chi connectivity index (χ3v) is 8.01. The fourth-order valence-electron chi connectivity index (χ4n) is 5.04. The van der Waals surface area contributed by atoms with Crippen molar-refractivity contribution in [1.29, 1.82) is 0 Å². The lowest BCUT2D eigenvalue weighted by molar-refractivity contribution is 0.0697. The lowest BCUT2D eigenvalue weighted by Gasteiger charge is -2.19. The van der Waals surface area contributed by atoms with Gasteiger partial charge in [0, 0.05) is 36.8 Å². The highest BCUT2D eigenvalue weighted by Gasteiger charge is 2.39. The quantitative estimate of drug-likeness (QED) is 0.453. The van der Waals surface area contributed by atoms with E-state index < -0.39 is 11.4 Å². The largest absolute Gasteiger partial charge is 0.477 e. The van der Waals surface area contributed by atoms with E-state index >= 15 is 0 Å². The van der Waals surface area contributed by atoms with E-state index in [0.29, 0.717) is 28.3 Å². The van der Waals surface area contributed by atoms with Crippen LogP contribution in [0.5, 0.6) is 0 Å². The molecular formula is C21H18BrN5O3S. The summed E-state index contributed by atoms with van der Waals surface area (Å²) in [5, 5.41) is 10.00. The number of thiazole rings is 1. The maximum absolute atomic E-state index is 13.1. The Balaban J connectivity index is 1.61. The van der Waals surface area contributed by atoms with E-state index in [-0.39, 0.29) is 10.9 Å². The van der Waals surface area contributed by atoms with Crippen LogP contribution >= 0.6 is 27.3 Å². The van der Waals surface area contributed by atoms with E-state index in [0.717, 1.165) is 40.9 Å². The van der Waals surface area contributed by atoms with Gasteiger partial charge in [0.1, 0.15) is 10.4 Å². The second-order valence-corrected chi connectivity index (χ2v) is 10.4. The number of aromatic carboxylic acids is 1. The molecule has 0 radical (unpaired) electrons. The van der Waals surface area contributed by atoms with Crippen molar-refractivity contribution in [3.05, 3.63) is 44.7 Å². The minimum atomic E-state index is -1.24. The van der Waals surface area contributed by atoms with Crippen molar-refractivity contribution in [2.45, 2.75) is 0 Å². The predicted octanol–water partition coefficient (Wildman–Crippen LogP) is 2.92. The monoisotopic (exact) mass is 499 g/mol. The van der Waals surface area contributed by atoms with Gasteiger partial charge < -0.3 is 14.9 Å². The maximum Gasteiger partial charge on any atom is 0.342 e. The van der Waals surface area contributed by atoms with Crippen LogP contribution in [0.25, 0.3) is 26.1 Å². The van der Waals surface area contributed by atoms with Crippen molar-refractivity contribution in [2.24, 2.45) is 11.8 Å². The van der Waals surface area contributed by atoms with Gasteiger partial charge in [-0.3, -0.25) is 9.20 Å². The number of pyridine rings is 1. The fraction of sp³-hybridized carbons (Fsp3) is 0.333. The van der Waals surface area contributed by atoms with Crippen molar-refractivity contribution in [2.75, 3.05) is 38.1 Å². The number of carboxylic acids is 1. The number of aromatic nitrogens is 3. The lowest BCUT2D eigenvalue weighted by Crippen LogP contribution is -2.28. The van der Waals surface area contributed by atoms with Gasteiger partial charge in [-0.05, 0) is 37.1 Å². The first kappa shape index (κ1) is 19.1. The van der Waals surface area contributed by atoms with Crippen LogP contribution in [-0.4, -0.2) is 63.6 Å². The van der Waals surface area contributed by atoms with Crippen molar-refractivity contribution >= 4 is 65.3 Å². The van der Waals surface area contributed by atoms with Crippen LogP contribution in [-0.2, 0) is 0 Å². The van der Waals surface area contributed by atoms with Gasteiger partial charge in [0.15, 0.2) is 5.65 Å². The molecule has 10 heteroatoms. The number of fused-ring (bicyclic) bond motifs is 6. The van der Waals surface area contributed by atoms with Gasteiger partial charge in [-0.1, -0.05) is 15.9 Å². The van der Waals surface area contributed by atoms with Crippen LogP contribution in [0.2, 0.25) is 0 Å². The number of carboxylic acid groups (broad SMARTS) is 1. The normalized spacial score (nSPS) is 21.5. The molecule has 0 amide bonds. The first-order valence-corrected chi connectivity index (χ1v) is 11.6. The third kappa shape index (κ3) is 2.81. The molecule has 5 heterocycles. The van der Waals surface area contributed by atoms with Gasteiger partial charge in [0.25, 0.3) is 0 Å². The Kier molecular flexibility index (Phi) is 4.15. The van der Waals surface area contributed by atoms with Gasteiger partial charge in [0.05, 0.1) is 15.6 Å². The number of hydrogen-bond donors (Lipinski definition) is 1. The standard InChI is InChI=1S/C21H18BrN5O3S/c1-25-6-10-8-26(9-11(10)7-25)21-23-5-13-17(28)16(20(29)30)19-27(18(13)24-21)14-3-2-12(22)4-15(14)31-19/h2-5,10-11H,6-9H2,1H3,(H,29,30). The number of benzene rings is 1. The number of hydrogen-bond acceptors (Lipinski definition) is 7. The Morgan fingerprint density at radius 3 is 2.68 bits per heavy atom. The van der Waals surface area contributed by atoms with Gasteiger partial charge in [-0.15, -0.1) is 11.3 Å². The lowest BCUT2D eigenvalue weighted by atomic mass is 10.0. The number of halogens is 1. The number of rotatable bonds is 2. The fourth-order valence-corrected chi connectivity index (χ4v) is 6.77. The van der Waals surface area contributed by atoms with Crippen LogP contribution in [0.3, 0.4) is 0 Å². The Morgan fingerprint density at radius 1 is 1.23 bits per heavy atom. The molecular weight excluding hydrogens is 482 g/mol. The smallest absolute Gasteiger partial charge is 0.342 e. The molecule has 2 saturated heterocycles. The highest BCUT2D eigenvalue weighted by Crippen LogP contribution is 2.34. The van der Waals surface area contributed by atoms with Crippen LogP contribution in [0.15, 0.2) is 33.7 Å². The van der Waals surface area contributed by atoms with E-state index in [9.17, 15) is 14.7 Å². The number of anilines is 1. The maximum atomic E-state index is 13.1. The molecule has 0 spiro atoms. The number of carbonyl (C=O) groups is 1. The van der Waals surface area contributed by atoms with Crippen molar-refractivity contribution in [3.63, 3.8) is 0 Å². The molecule has 31 heavy (non-hydrogen) atoms. The van der Waals surface area contributed by atoms with Gasteiger partial charge in [-0.25, -0.2) is 9.78 Å². The molecule has 2 aliphatic heterocycles. The second kappa shape index (κ2) is 6.72. The van der Waals surface area contributed by atoms with E-state index in [4.69, 9.17) is 4.98 Å². The van der Waals surface area contributed by atoms with Crippen molar-refractivity contribution in [3.8, 4) is 0 Å². The molecule has 4 aromatic rings. The van der Waals surface area contributed by atoms with Crippen LogP contribution < -0.4 is 10.3 Å². The minimum absolute atomic E-state index is 0.223. The summed E-state index contributed by atoms with van der Waals surface area (Å²) in [5.74, 6) is 0.550. The SMILES string of the molecule is CN1CC2CN(c3ncc4c(=O)c(C(=O)O)c5sc6cc(Br)ccc6n5c4n3)CC2C1. The zero-order valence-corrected chi connectivity index (χ0v) is 19.0. The number of nitrogens with zero attached hydrogens (tertiary/aromatic N) is 5. The average Bonchev–Trinajstić information content (AvgIpc) is 3.37. The van der Waals surface area contributed by atoms with Gasteiger partial charge >= 0.3 is 5.97 Å². The molecule has 0 bridgehead atoms. The minimum Gasteiger partial charge on any atom is -0.477 e. The molecule has 0 aliphatic carbocycles. The van der Waals surface area contributed by atoms with Crippen molar-refractivity contribution < 1.29 is 9.90 Å². The van der Waals surface area contributed by atoms with Crippen molar-refractivity contribution in [1.82, 2.24) is 19.3 Å². The number of likely N-dealkylation sites (tertiary alicyclic amines) is 1. The molecule has 2 fully saturated rings. The predicted molar refractivity (Wildman–Crippen MR) is 123 cm³/mol. The Hall–Kier alpha value is -2.56. The summed E-state index contributed by atoms with van der Waals surface area (Å²) in [6.45, 7) is 3.93. The highest BCUT2D eigenvalue weighted by molar-refractivity contribution is 9.10. The molecule has 3 aromatic heterocycles. The topological polar surface area (TPSA) is 91.0 Å². The van der Waals surface area contributed by atoms with E-state index in [1.807, 2.05) is 18.2 Å². The molecule has 6 rings (SSSR count). The summed E-state index contributed by atoms with van der Waals surface area (Å²) >= 11 is 4.75. The molecule has 158 valence electrons. The van der Waals surface area contributed by atoms with Crippen LogP contribution in [0.4, 0.5) is 5.95 Å². The van der Waals surface area contributed by atoms with Gasteiger partial charge in [0.2, 0.25) is 11.4 Å². The zero-order chi connectivity index (χ0) is 21.4. The summed E-state index contributed by atoms with van der Waals surface area (Å²) in [6.07, 6.45) is 1.49. The van der Waals surface area contributed by atoms with E-state index in [1.165, 1.54) is 17.5 Å². The average molecular weight is 500 g/mol. The summed E-state index contributed by atoms with van der Waals surface area (Å²) < 4.78 is 3.56. The Labute approximate surface area is 188 Å². The molecule has 2 unspecified atom stereocenters. The highest BCUT2D eigenvalue weighted by atomic mass is 79.9. The summed E-state index contributed by atoms with van der Waals surface area (Å²) in [6, 6.07) is 5.74. The molecule has 1 N–H and O–H groups in total. The molecule has 2 atom stereocenters. The zero-order valence-electron chi connectivity index (χ0n) is 16.6. The molecule has 2 aliphatic rings. The Morgan fingerprint density at radius 2 is 1.97 bits per heavy atom. The van der Waals surface area contributed by atoms with E-state index in [1.54, 1.807) is 4.40 Å². The summed E-state index contributed by atoms with van der Waals surface area (Å²) in [4.78, 5) is 39.2. The summed E-state index contributed by atoms with van der Waals surface area (Å²) in [7, 11) is 2.15.